The zero-order valence-corrected chi connectivity index (χ0v) is 9.78. The molecule has 0 bridgehead atoms. The minimum Gasteiger partial charge on any atom is -0.0985 e. The van der Waals surface area contributed by atoms with Crippen LogP contribution in [0.4, 0.5) is 0 Å². The van der Waals surface area contributed by atoms with Crippen molar-refractivity contribution in [2.75, 3.05) is 0 Å². The predicted octanol–water partition coefficient (Wildman–Crippen LogP) is 4.59. The maximum atomic E-state index is 3.92. The van der Waals surface area contributed by atoms with E-state index in [2.05, 4.69) is 39.7 Å². The summed E-state index contributed by atoms with van der Waals surface area (Å²) in [6, 6.07) is 0. The standard InChI is InChI=1S/C14H20/c1-8-14(11(4)5)13(7)9-12(6)10(2)3/h8-9H,1-2,4H2,3,5-7H3/b12-9+,14-13+. The van der Waals surface area contributed by atoms with Crippen LogP contribution < -0.4 is 0 Å². The molecule has 0 aliphatic carbocycles. The van der Waals surface area contributed by atoms with E-state index in [4.69, 9.17) is 0 Å². The van der Waals surface area contributed by atoms with E-state index in [9.17, 15) is 0 Å². The van der Waals surface area contributed by atoms with Crippen LogP contribution >= 0.6 is 0 Å². The molecular formula is C14H20. The summed E-state index contributed by atoms with van der Waals surface area (Å²) in [5.41, 5.74) is 5.64. The summed E-state index contributed by atoms with van der Waals surface area (Å²) in [5.74, 6) is 0. The van der Waals surface area contributed by atoms with Gasteiger partial charge in [0.25, 0.3) is 0 Å². The van der Waals surface area contributed by atoms with Crippen molar-refractivity contribution in [3.05, 3.63) is 59.8 Å². The van der Waals surface area contributed by atoms with Crippen LogP contribution in [-0.4, -0.2) is 0 Å². The van der Waals surface area contributed by atoms with Gasteiger partial charge in [-0.1, -0.05) is 43.0 Å². The molecule has 76 valence electrons. The van der Waals surface area contributed by atoms with Gasteiger partial charge in [-0.05, 0) is 44.4 Å². The quantitative estimate of drug-likeness (QED) is 0.566. The first-order chi connectivity index (χ1) is 6.40. The summed E-state index contributed by atoms with van der Waals surface area (Å²) in [6.45, 7) is 19.7. The Morgan fingerprint density at radius 2 is 1.43 bits per heavy atom. The fourth-order valence-corrected chi connectivity index (χ4v) is 1.20. The van der Waals surface area contributed by atoms with E-state index in [0.717, 1.165) is 16.7 Å². The van der Waals surface area contributed by atoms with Gasteiger partial charge in [0.2, 0.25) is 0 Å². The second kappa shape index (κ2) is 5.43. The zero-order valence-electron chi connectivity index (χ0n) is 9.78. The van der Waals surface area contributed by atoms with Gasteiger partial charge < -0.3 is 0 Å². The molecule has 0 aromatic heterocycles. The Morgan fingerprint density at radius 3 is 1.71 bits per heavy atom. The Hall–Kier alpha value is -1.30. The van der Waals surface area contributed by atoms with E-state index in [1.54, 1.807) is 0 Å². The van der Waals surface area contributed by atoms with Gasteiger partial charge in [-0.3, -0.25) is 0 Å². The van der Waals surface area contributed by atoms with Crippen molar-refractivity contribution in [3.8, 4) is 0 Å². The van der Waals surface area contributed by atoms with Crippen molar-refractivity contribution in [2.24, 2.45) is 0 Å². The second-order valence-corrected chi connectivity index (χ2v) is 3.69. The van der Waals surface area contributed by atoms with Crippen LogP contribution in [0.3, 0.4) is 0 Å². The second-order valence-electron chi connectivity index (χ2n) is 3.69. The molecule has 0 heteroatoms. The van der Waals surface area contributed by atoms with E-state index >= 15 is 0 Å². The first kappa shape index (κ1) is 12.7. The summed E-state index contributed by atoms with van der Waals surface area (Å²) >= 11 is 0. The van der Waals surface area contributed by atoms with E-state index in [-0.39, 0.29) is 0 Å². The van der Waals surface area contributed by atoms with E-state index in [1.807, 2.05) is 19.9 Å². The third-order valence-corrected chi connectivity index (χ3v) is 2.19. The molecular weight excluding hydrogens is 168 g/mol. The predicted molar refractivity (Wildman–Crippen MR) is 66.3 cm³/mol. The van der Waals surface area contributed by atoms with Gasteiger partial charge >= 0.3 is 0 Å². The van der Waals surface area contributed by atoms with Crippen LogP contribution in [0.2, 0.25) is 0 Å². The third kappa shape index (κ3) is 3.61. The molecule has 0 spiro atoms. The average molecular weight is 188 g/mol. The van der Waals surface area contributed by atoms with Crippen molar-refractivity contribution in [1.29, 1.82) is 0 Å². The molecule has 0 aliphatic heterocycles. The first-order valence-electron chi connectivity index (χ1n) is 4.73. The van der Waals surface area contributed by atoms with Gasteiger partial charge in [0, 0.05) is 0 Å². The number of rotatable bonds is 4. The fraction of sp³-hybridized carbons (Fsp3) is 0.286. The van der Waals surface area contributed by atoms with Crippen LogP contribution in [-0.2, 0) is 0 Å². The monoisotopic (exact) mass is 188 g/mol. The van der Waals surface area contributed by atoms with Crippen molar-refractivity contribution in [3.63, 3.8) is 0 Å². The molecule has 0 radical (unpaired) electrons. The van der Waals surface area contributed by atoms with E-state index < -0.39 is 0 Å². The molecule has 0 unspecified atom stereocenters. The van der Waals surface area contributed by atoms with Gasteiger partial charge in [0.1, 0.15) is 0 Å². The van der Waals surface area contributed by atoms with Gasteiger partial charge in [0.05, 0.1) is 0 Å². The lowest BCUT2D eigenvalue weighted by Gasteiger charge is -2.06. The Labute approximate surface area is 88.0 Å². The Kier molecular flexibility index (Phi) is 4.93. The smallest absolute Gasteiger partial charge is 0.0210 e. The van der Waals surface area contributed by atoms with E-state index in [1.165, 1.54) is 11.1 Å². The SMILES string of the molecule is C=C/C(C(=C)C)=C(C)\C=C(/C)C(=C)C. The Bertz CT molecular complexity index is 322. The molecule has 0 rings (SSSR count). The summed E-state index contributed by atoms with van der Waals surface area (Å²) in [5, 5.41) is 0. The summed E-state index contributed by atoms with van der Waals surface area (Å²) < 4.78 is 0. The molecule has 0 saturated carbocycles. The topological polar surface area (TPSA) is 0 Å². The van der Waals surface area contributed by atoms with Crippen molar-refractivity contribution < 1.29 is 0 Å². The molecule has 0 aliphatic rings. The third-order valence-electron chi connectivity index (χ3n) is 2.19. The lowest BCUT2D eigenvalue weighted by Crippen LogP contribution is -1.86. The van der Waals surface area contributed by atoms with E-state index in [0.29, 0.717) is 0 Å². The molecule has 0 N–H and O–H groups in total. The highest BCUT2D eigenvalue weighted by molar-refractivity contribution is 5.45. The Morgan fingerprint density at radius 1 is 0.929 bits per heavy atom. The first-order valence-corrected chi connectivity index (χ1v) is 4.73. The molecule has 0 heterocycles. The molecule has 0 fully saturated rings. The van der Waals surface area contributed by atoms with Crippen molar-refractivity contribution >= 4 is 0 Å². The lowest BCUT2D eigenvalue weighted by molar-refractivity contribution is 1.30. The highest BCUT2D eigenvalue weighted by atomic mass is 14.0. The van der Waals surface area contributed by atoms with Gasteiger partial charge in [0.15, 0.2) is 0 Å². The maximum absolute atomic E-state index is 3.92. The highest BCUT2D eigenvalue weighted by Gasteiger charge is 1.98. The summed E-state index contributed by atoms with van der Waals surface area (Å²) in [6.07, 6.45) is 3.97. The van der Waals surface area contributed by atoms with Crippen LogP contribution in [0.1, 0.15) is 27.7 Å². The minimum absolute atomic E-state index is 1.04. The summed E-state index contributed by atoms with van der Waals surface area (Å²) in [4.78, 5) is 0. The van der Waals surface area contributed by atoms with Gasteiger partial charge in [-0.25, -0.2) is 0 Å². The molecule has 0 amide bonds. The van der Waals surface area contributed by atoms with Crippen molar-refractivity contribution in [2.45, 2.75) is 27.7 Å². The van der Waals surface area contributed by atoms with Crippen LogP contribution in [0, 0.1) is 0 Å². The van der Waals surface area contributed by atoms with Gasteiger partial charge in [-0.2, -0.15) is 0 Å². The van der Waals surface area contributed by atoms with Crippen LogP contribution in [0.25, 0.3) is 0 Å². The van der Waals surface area contributed by atoms with Crippen LogP contribution in [0.5, 0.6) is 0 Å². The number of hydrogen-bond donors (Lipinski definition) is 0. The number of hydrogen-bond acceptors (Lipinski definition) is 0. The van der Waals surface area contributed by atoms with Crippen LogP contribution in [0.15, 0.2) is 59.8 Å². The maximum Gasteiger partial charge on any atom is -0.0210 e. The molecule has 0 aromatic rings. The lowest BCUT2D eigenvalue weighted by atomic mass is 10.00. The fourth-order valence-electron chi connectivity index (χ4n) is 1.20. The molecule has 0 atom stereocenters. The molecule has 14 heavy (non-hydrogen) atoms. The van der Waals surface area contributed by atoms with Gasteiger partial charge in [-0.15, -0.1) is 0 Å². The number of allylic oxidation sites excluding steroid dienone is 7. The Balaban J connectivity index is 5.19. The molecule has 0 aromatic carbocycles. The summed E-state index contributed by atoms with van der Waals surface area (Å²) in [7, 11) is 0. The molecule has 0 saturated heterocycles. The molecule has 0 nitrogen and oxygen atoms in total. The zero-order chi connectivity index (χ0) is 11.3. The largest absolute Gasteiger partial charge is 0.0985 e. The van der Waals surface area contributed by atoms with Crippen molar-refractivity contribution in [1.82, 2.24) is 0 Å². The highest BCUT2D eigenvalue weighted by Crippen LogP contribution is 2.17. The normalized spacial score (nSPS) is 13.3. The minimum atomic E-state index is 1.04. The average Bonchev–Trinajstić information content (AvgIpc) is 2.04.